The van der Waals surface area contributed by atoms with Crippen molar-refractivity contribution in [2.75, 3.05) is 0 Å². The van der Waals surface area contributed by atoms with Crippen LogP contribution in [-0.2, 0) is 22.8 Å². The van der Waals surface area contributed by atoms with E-state index in [1.54, 1.807) is 0 Å². The van der Waals surface area contributed by atoms with Gasteiger partial charge < -0.3 is 0 Å². The van der Waals surface area contributed by atoms with E-state index in [0.29, 0.717) is 0 Å². The van der Waals surface area contributed by atoms with Crippen LogP contribution in [-0.4, -0.2) is 122 Å². The van der Waals surface area contributed by atoms with E-state index in [4.69, 9.17) is 19.8 Å². The van der Waals surface area contributed by atoms with Crippen LogP contribution >= 0.6 is 15.6 Å². The van der Waals surface area contributed by atoms with Crippen molar-refractivity contribution in [3.8, 4) is 0 Å². The summed E-state index contributed by atoms with van der Waals surface area (Å²) < 4.78 is 26.2. The van der Waals surface area contributed by atoms with E-state index in [2.05, 4.69) is 8.83 Å². The van der Waals surface area contributed by atoms with Crippen molar-refractivity contribution in [1.29, 1.82) is 0 Å². The van der Waals surface area contributed by atoms with Crippen molar-refractivity contribution in [2.24, 2.45) is 0 Å². The molecule has 7 N–H and O–H groups in total. The van der Waals surface area contributed by atoms with Crippen LogP contribution in [0.15, 0.2) is 0 Å². The van der Waals surface area contributed by atoms with Gasteiger partial charge in [0.05, 0.1) is 0 Å². The Kier molecular flexibility index (Phi) is 10.2. The minimum atomic E-state index is -5.36. The Bertz CT molecular complexity index is 478. The predicted octanol–water partition coefficient (Wildman–Crippen LogP) is -4.15. The molecule has 0 aliphatic heterocycles. The van der Waals surface area contributed by atoms with Gasteiger partial charge in [0.15, 0.2) is 0 Å². The molecule has 0 aromatic heterocycles. The molecule has 0 amide bonds. The van der Waals surface area contributed by atoms with Gasteiger partial charge in [-0.1, -0.05) is 0 Å². The van der Waals surface area contributed by atoms with E-state index in [1.807, 2.05) is 0 Å². The molecule has 0 aromatic rings. The maximum atomic E-state index is 11.7. The van der Waals surface area contributed by atoms with Crippen molar-refractivity contribution in [3.05, 3.63) is 0 Å². The average molecular weight is 384 g/mol. The van der Waals surface area contributed by atoms with Crippen molar-refractivity contribution in [1.82, 2.24) is 0 Å². The zero-order chi connectivity index (χ0) is 17.9. The van der Waals surface area contributed by atoms with Crippen LogP contribution in [0.2, 0.25) is 0 Å². The first kappa shape index (κ1) is 23.8. The molecule has 0 heterocycles. The van der Waals surface area contributed by atoms with Gasteiger partial charge in [-0.25, -0.2) is 0 Å². The minimum absolute atomic E-state index is 0.0365. The molecule has 120 valence electrons. The third-order valence-electron chi connectivity index (χ3n) is 2.36. The first-order valence-corrected chi connectivity index (χ1v) is 11.1. The summed E-state index contributed by atoms with van der Waals surface area (Å²) in [6, 6.07) is 0. The Morgan fingerprint density at radius 3 is 1.77 bits per heavy atom. The summed E-state index contributed by atoms with van der Waals surface area (Å²) in [6.07, 6.45) is -6.12. The number of phosphoric acid groups is 2. The van der Waals surface area contributed by atoms with Gasteiger partial charge in [-0.15, -0.1) is 0 Å². The Morgan fingerprint density at radius 2 is 1.41 bits per heavy atom. The number of aliphatic hydroxyl groups is 4. The van der Waals surface area contributed by atoms with Gasteiger partial charge in [0, 0.05) is 0 Å². The Morgan fingerprint density at radius 1 is 0.955 bits per heavy atom. The van der Waals surface area contributed by atoms with Crippen molar-refractivity contribution < 1.29 is 57.9 Å². The Labute approximate surface area is 159 Å². The van der Waals surface area contributed by atoms with E-state index >= 15 is 0 Å². The normalized spacial score (nSPS) is 22.3. The standard InChI is InChI=1S/C6H12O12P2.2Na/c7-1-3(8)5(10)6(11)4(9)2-17-20(15,16)18-19(12,13)14;;/h1-3,5-8,10-11H,(H,15,16)(H2,12,13,14);;/t3-,5-,6-;;/m1../s1. The molecule has 6 atom stereocenters. The van der Waals surface area contributed by atoms with E-state index in [1.165, 1.54) is 0 Å². The number of hydrogen-bond donors (Lipinski definition) is 7. The predicted molar refractivity (Wildman–Crippen MR) is 68.4 cm³/mol. The third kappa shape index (κ3) is 8.75. The molecule has 12 nitrogen and oxygen atoms in total. The van der Waals surface area contributed by atoms with Crippen LogP contribution in [0.4, 0.5) is 0 Å². The molecule has 0 aliphatic carbocycles. The van der Waals surface area contributed by atoms with Gasteiger partial charge >= 0.3 is 160 Å². The molecule has 0 radical (unpaired) electrons. The van der Waals surface area contributed by atoms with Gasteiger partial charge in [-0.3, -0.25) is 0 Å². The summed E-state index contributed by atoms with van der Waals surface area (Å²) >= 11 is -0.276. The summed E-state index contributed by atoms with van der Waals surface area (Å²) in [5.41, 5.74) is 0. The Hall–Kier alpha value is 1.77. The summed E-state index contributed by atoms with van der Waals surface area (Å²) in [5, 5.41) is 37.4. The quantitative estimate of drug-likeness (QED) is 0.149. The van der Waals surface area contributed by atoms with E-state index in [-0.39, 0.29) is 55.9 Å². The molecule has 3 unspecified atom stereocenters. The Balaban J connectivity index is 4.86. The number of Topliss-reactive ketones (excluding diaryl/α,β-unsaturated/α-hetero) is 1. The van der Waals surface area contributed by atoms with Gasteiger partial charge in [-0.05, 0) is 0 Å². The molecular formula is C6H12Na2O12P2. The number of carbonyl (C=O) groups is 1. The first-order valence-electron chi connectivity index (χ1n) is 5.72. The average Bonchev–Trinajstić information content (AvgIpc) is 2.31. The van der Waals surface area contributed by atoms with Gasteiger partial charge in [-0.2, -0.15) is 0 Å². The van der Waals surface area contributed by atoms with Gasteiger partial charge in [0.1, 0.15) is 0 Å². The van der Waals surface area contributed by atoms with Crippen molar-refractivity contribution in [2.45, 2.75) is 25.0 Å². The summed E-state index contributed by atoms with van der Waals surface area (Å²) in [7, 11) is -10.6. The molecule has 0 spiro atoms. The molecule has 0 rings (SSSR count). The summed E-state index contributed by atoms with van der Waals surface area (Å²) in [5.74, 6) is -1.32. The third-order valence-corrected chi connectivity index (χ3v) is 6.50. The zero-order valence-corrected chi connectivity index (χ0v) is 17.2. The molecule has 16 heteroatoms. The van der Waals surface area contributed by atoms with Crippen LogP contribution in [0.5, 0.6) is 0 Å². The van der Waals surface area contributed by atoms with E-state index < -0.39 is 46.4 Å². The van der Waals surface area contributed by atoms with Crippen LogP contribution in [0.1, 0.15) is 0 Å². The molecule has 0 bridgehead atoms. The molecule has 0 aliphatic rings. The second-order valence-corrected chi connectivity index (χ2v) is 9.37. The fraction of sp³-hybridized carbons (Fsp3) is 0.833. The number of hydrogen-bond acceptors (Lipinski definition) is 9. The fourth-order valence-corrected chi connectivity index (χ4v) is 4.55. The topological polar surface area (TPSA) is 211 Å². The second kappa shape index (κ2) is 9.46. The number of ketones is 1. The van der Waals surface area contributed by atoms with Crippen LogP contribution in [0.25, 0.3) is 0 Å². The van der Waals surface area contributed by atoms with Crippen molar-refractivity contribution >= 4 is 77.3 Å². The fourth-order valence-electron chi connectivity index (χ4n) is 1.29. The van der Waals surface area contributed by atoms with Gasteiger partial charge in [0.25, 0.3) is 0 Å². The molecule has 0 saturated carbocycles. The molecular weight excluding hydrogens is 372 g/mol. The first-order chi connectivity index (χ1) is 9.68. The van der Waals surface area contributed by atoms with Crippen LogP contribution < -0.4 is 0 Å². The monoisotopic (exact) mass is 384 g/mol. The maximum absolute atomic E-state index is 11.7. The molecule has 0 saturated heterocycles. The zero-order valence-electron chi connectivity index (χ0n) is 11.5. The summed E-state index contributed by atoms with van der Waals surface area (Å²) in [4.78, 5) is 37.5. The number of aliphatic hydroxyl groups excluding tert-OH is 4. The number of phosphoric ester groups is 1. The number of carbonyl (C=O) groups excluding carboxylic acids is 1. The van der Waals surface area contributed by atoms with E-state index in [0.717, 1.165) is 0 Å². The number of rotatable bonds is 9. The summed E-state index contributed by atoms with van der Waals surface area (Å²) in [6.45, 7) is 0. The van der Waals surface area contributed by atoms with Gasteiger partial charge in [0.2, 0.25) is 0 Å². The molecule has 0 aromatic carbocycles. The van der Waals surface area contributed by atoms with Crippen LogP contribution in [0.3, 0.4) is 0 Å². The van der Waals surface area contributed by atoms with E-state index in [9.17, 15) is 29.2 Å². The van der Waals surface area contributed by atoms with Crippen LogP contribution in [0, 0.1) is 0 Å². The molecule has 0 fully saturated rings. The second-order valence-electron chi connectivity index (χ2n) is 4.36. The van der Waals surface area contributed by atoms with Crippen molar-refractivity contribution in [3.63, 3.8) is 0 Å². The SMILES string of the molecule is O=C([CH]([Na])OP(=O)(O)OP(=O)(O)O)[C@@H](O)[C@H](O)[C@H](O)[CH](O)[Na]. The molecule has 22 heavy (non-hydrogen) atoms.